The average Bonchev–Trinajstić information content (AvgIpc) is 2.73. The van der Waals surface area contributed by atoms with Crippen LogP contribution in [0.15, 0.2) is 48.7 Å². The summed E-state index contributed by atoms with van der Waals surface area (Å²) in [7, 11) is 0. The van der Waals surface area contributed by atoms with E-state index >= 15 is 0 Å². The molecule has 0 spiro atoms. The van der Waals surface area contributed by atoms with Crippen molar-refractivity contribution in [1.29, 1.82) is 0 Å². The lowest BCUT2D eigenvalue weighted by Gasteiger charge is -2.27. The minimum absolute atomic E-state index is 0.0694. The number of amides is 1. The summed E-state index contributed by atoms with van der Waals surface area (Å²) in [6.07, 6.45) is 4.74. The van der Waals surface area contributed by atoms with Crippen molar-refractivity contribution >= 4 is 34.1 Å². The SMILES string of the molecule is O=C(c1cnc2ccc(F)cc2c1NCc1ccccc1Cl)N1CCCCC1. The maximum Gasteiger partial charge on any atom is 0.257 e. The van der Waals surface area contributed by atoms with Crippen molar-refractivity contribution in [2.24, 2.45) is 0 Å². The lowest BCUT2D eigenvalue weighted by atomic mass is 10.1. The van der Waals surface area contributed by atoms with Crippen LogP contribution >= 0.6 is 11.6 Å². The highest BCUT2D eigenvalue weighted by molar-refractivity contribution is 6.31. The number of piperidine rings is 1. The van der Waals surface area contributed by atoms with Gasteiger partial charge in [0.05, 0.1) is 16.8 Å². The summed E-state index contributed by atoms with van der Waals surface area (Å²) in [5.41, 5.74) is 2.60. The van der Waals surface area contributed by atoms with E-state index in [0.717, 1.165) is 37.9 Å². The molecule has 1 saturated heterocycles. The highest BCUT2D eigenvalue weighted by Gasteiger charge is 2.23. The summed E-state index contributed by atoms with van der Waals surface area (Å²) in [6, 6.07) is 11.9. The van der Waals surface area contributed by atoms with E-state index in [4.69, 9.17) is 11.6 Å². The number of fused-ring (bicyclic) bond motifs is 1. The Balaban J connectivity index is 1.74. The number of hydrogen-bond donors (Lipinski definition) is 1. The number of nitrogens with one attached hydrogen (secondary N) is 1. The first-order valence-electron chi connectivity index (χ1n) is 9.48. The van der Waals surface area contributed by atoms with Crippen LogP contribution in [0.2, 0.25) is 5.02 Å². The highest BCUT2D eigenvalue weighted by Crippen LogP contribution is 2.29. The molecule has 144 valence electrons. The average molecular weight is 398 g/mol. The van der Waals surface area contributed by atoms with Gasteiger partial charge in [0, 0.05) is 36.2 Å². The number of nitrogens with zero attached hydrogens (tertiary/aromatic N) is 2. The van der Waals surface area contributed by atoms with Crippen LogP contribution in [0, 0.1) is 5.82 Å². The number of pyridine rings is 1. The molecule has 3 aromatic rings. The number of carbonyl (C=O) groups is 1. The number of likely N-dealkylation sites (tertiary alicyclic amines) is 1. The van der Waals surface area contributed by atoms with Crippen LogP contribution in [0.4, 0.5) is 10.1 Å². The van der Waals surface area contributed by atoms with Gasteiger partial charge >= 0.3 is 0 Å². The van der Waals surface area contributed by atoms with E-state index in [-0.39, 0.29) is 11.7 Å². The van der Waals surface area contributed by atoms with Crippen LogP contribution in [0.25, 0.3) is 10.9 Å². The van der Waals surface area contributed by atoms with Crippen molar-refractivity contribution in [3.05, 3.63) is 70.6 Å². The smallest absolute Gasteiger partial charge is 0.257 e. The fourth-order valence-electron chi connectivity index (χ4n) is 3.61. The quantitative estimate of drug-likeness (QED) is 0.652. The molecule has 0 bridgehead atoms. The largest absolute Gasteiger partial charge is 0.380 e. The van der Waals surface area contributed by atoms with Gasteiger partial charge in [0.15, 0.2) is 0 Å². The predicted molar refractivity (Wildman–Crippen MR) is 110 cm³/mol. The Morgan fingerprint density at radius 1 is 1.14 bits per heavy atom. The van der Waals surface area contributed by atoms with Crippen LogP contribution in [0.1, 0.15) is 35.2 Å². The first kappa shape index (κ1) is 18.7. The van der Waals surface area contributed by atoms with Gasteiger partial charge < -0.3 is 10.2 Å². The van der Waals surface area contributed by atoms with Crippen molar-refractivity contribution in [1.82, 2.24) is 9.88 Å². The molecule has 0 aliphatic carbocycles. The van der Waals surface area contributed by atoms with Crippen LogP contribution in [-0.2, 0) is 6.54 Å². The summed E-state index contributed by atoms with van der Waals surface area (Å²) >= 11 is 6.27. The lowest BCUT2D eigenvalue weighted by molar-refractivity contribution is 0.0725. The Morgan fingerprint density at radius 2 is 1.93 bits per heavy atom. The molecular formula is C22H21ClFN3O. The third-order valence-electron chi connectivity index (χ3n) is 5.12. The Morgan fingerprint density at radius 3 is 2.71 bits per heavy atom. The molecule has 2 heterocycles. The van der Waals surface area contributed by atoms with Gasteiger partial charge in [-0.1, -0.05) is 29.8 Å². The molecule has 2 aromatic carbocycles. The molecule has 6 heteroatoms. The molecule has 0 saturated carbocycles. The van der Waals surface area contributed by atoms with Crippen molar-refractivity contribution < 1.29 is 9.18 Å². The maximum atomic E-state index is 14.0. The number of halogens is 2. The van der Waals surface area contributed by atoms with Crippen LogP contribution in [0.3, 0.4) is 0 Å². The van der Waals surface area contributed by atoms with Gasteiger partial charge in [-0.25, -0.2) is 4.39 Å². The van der Waals surface area contributed by atoms with Crippen LogP contribution < -0.4 is 5.32 Å². The highest BCUT2D eigenvalue weighted by atomic mass is 35.5. The van der Waals surface area contributed by atoms with E-state index in [0.29, 0.717) is 33.7 Å². The Hall–Kier alpha value is -2.66. The maximum absolute atomic E-state index is 14.0. The number of carbonyl (C=O) groups excluding carboxylic acids is 1. The van der Waals surface area contributed by atoms with E-state index in [1.165, 1.54) is 12.1 Å². The first-order valence-corrected chi connectivity index (χ1v) is 9.86. The topological polar surface area (TPSA) is 45.2 Å². The van der Waals surface area contributed by atoms with Gasteiger partial charge in [0.1, 0.15) is 5.82 Å². The van der Waals surface area contributed by atoms with Gasteiger partial charge in [-0.3, -0.25) is 9.78 Å². The second-order valence-corrected chi connectivity index (χ2v) is 7.41. The molecule has 1 amide bonds. The standard InChI is InChI=1S/C22H21ClFN3O/c23-19-7-3-2-6-15(19)13-26-21-17-12-16(24)8-9-20(17)25-14-18(21)22(28)27-10-4-1-5-11-27/h2-3,6-9,12,14H,1,4-5,10-11,13H2,(H,25,26). The van der Waals surface area contributed by atoms with Crippen LogP contribution in [0.5, 0.6) is 0 Å². The second-order valence-electron chi connectivity index (χ2n) is 7.01. The summed E-state index contributed by atoms with van der Waals surface area (Å²) in [6.45, 7) is 1.91. The Bertz CT molecular complexity index is 1020. The number of benzene rings is 2. The fourth-order valence-corrected chi connectivity index (χ4v) is 3.81. The number of aromatic nitrogens is 1. The van der Waals surface area contributed by atoms with Gasteiger partial charge in [0.25, 0.3) is 5.91 Å². The Kier molecular flexibility index (Phi) is 5.44. The zero-order chi connectivity index (χ0) is 19.5. The summed E-state index contributed by atoms with van der Waals surface area (Å²) in [5.74, 6) is -0.433. The molecule has 1 N–H and O–H groups in total. The number of rotatable bonds is 4. The summed E-state index contributed by atoms with van der Waals surface area (Å²) in [4.78, 5) is 19.4. The Labute approximate surface area is 168 Å². The van der Waals surface area contributed by atoms with Gasteiger partial charge in [-0.2, -0.15) is 0 Å². The lowest BCUT2D eigenvalue weighted by Crippen LogP contribution is -2.36. The molecule has 1 aliphatic heterocycles. The monoisotopic (exact) mass is 397 g/mol. The van der Waals surface area contributed by atoms with Crippen molar-refractivity contribution in [3.63, 3.8) is 0 Å². The minimum atomic E-state index is -0.363. The zero-order valence-corrected chi connectivity index (χ0v) is 16.2. The number of anilines is 1. The van der Waals surface area contributed by atoms with E-state index in [9.17, 15) is 9.18 Å². The second kappa shape index (κ2) is 8.15. The van der Waals surface area contributed by atoms with E-state index in [1.807, 2.05) is 29.2 Å². The summed E-state index contributed by atoms with van der Waals surface area (Å²) in [5, 5.41) is 4.56. The van der Waals surface area contributed by atoms with E-state index in [1.54, 1.807) is 12.3 Å². The molecule has 1 aliphatic rings. The molecule has 0 radical (unpaired) electrons. The van der Waals surface area contributed by atoms with E-state index < -0.39 is 0 Å². The molecule has 1 fully saturated rings. The molecule has 0 unspecified atom stereocenters. The van der Waals surface area contributed by atoms with E-state index in [2.05, 4.69) is 10.3 Å². The molecule has 4 rings (SSSR count). The molecule has 4 nitrogen and oxygen atoms in total. The van der Waals surface area contributed by atoms with Gasteiger partial charge in [0.2, 0.25) is 0 Å². The molecule has 1 aromatic heterocycles. The zero-order valence-electron chi connectivity index (χ0n) is 15.4. The number of hydrogen-bond acceptors (Lipinski definition) is 3. The molecular weight excluding hydrogens is 377 g/mol. The molecule has 0 atom stereocenters. The van der Waals surface area contributed by atoms with Gasteiger partial charge in [-0.05, 0) is 49.1 Å². The van der Waals surface area contributed by atoms with Crippen molar-refractivity contribution in [2.45, 2.75) is 25.8 Å². The minimum Gasteiger partial charge on any atom is -0.380 e. The third-order valence-corrected chi connectivity index (χ3v) is 5.49. The molecule has 28 heavy (non-hydrogen) atoms. The fraction of sp³-hybridized carbons (Fsp3) is 0.273. The van der Waals surface area contributed by atoms with Crippen molar-refractivity contribution in [3.8, 4) is 0 Å². The normalized spacial score (nSPS) is 14.3. The van der Waals surface area contributed by atoms with Crippen LogP contribution in [-0.4, -0.2) is 28.9 Å². The third kappa shape index (κ3) is 3.80. The van der Waals surface area contributed by atoms with Gasteiger partial charge in [-0.15, -0.1) is 0 Å². The first-order chi connectivity index (χ1) is 13.6. The van der Waals surface area contributed by atoms with Crippen molar-refractivity contribution in [2.75, 3.05) is 18.4 Å². The summed E-state index contributed by atoms with van der Waals surface area (Å²) < 4.78 is 14.0. The predicted octanol–water partition coefficient (Wildman–Crippen LogP) is 5.27.